The number of halogens is 1. The van der Waals surface area contributed by atoms with Crippen LogP contribution >= 0.6 is 15.9 Å². The molecule has 0 saturated carbocycles. The summed E-state index contributed by atoms with van der Waals surface area (Å²) in [6.07, 6.45) is 3.07. The SMILES string of the molecule is COC(=O)/C=C/c1ccc(OCc2ccccc2)c(Br)c1. The van der Waals surface area contributed by atoms with Gasteiger partial charge in [0.1, 0.15) is 12.4 Å². The van der Waals surface area contributed by atoms with Crippen LogP contribution in [0.4, 0.5) is 0 Å². The van der Waals surface area contributed by atoms with Crippen LogP contribution in [0.15, 0.2) is 59.1 Å². The van der Waals surface area contributed by atoms with Gasteiger partial charge in [-0.3, -0.25) is 0 Å². The lowest BCUT2D eigenvalue weighted by molar-refractivity contribution is -0.134. The van der Waals surface area contributed by atoms with Crippen molar-refractivity contribution >= 4 is 28.0 Å². The monoisotopic (exact) mass is 346 g/mol. The average molecular weight is 347 g/mol. The summed E-state index contributed by atoms with van der Waals surface area (Å²) < 4.78 is 11.2. The summed E-state index contributed by atoms with van der Waals surface area (Å²) in [6, 6.07) is 15.6. The van der Waals surface area contributed by atoms with Gasteiger partial charge in [0.05, 0.1) is 11.6 Å². The van der Waals surface area contributed by atoms with Gasteiger partial charge in [-0.1, -0.05) is 36.4 Å². The lowest BCUT2D eigenvalue weighted by atomic mass is 10.2. The molecule has 4 heteroatoms. The number of carbonyl (C=O) groups excluding carboxylic acids is 1. The summed E-state index contributed by atoms with van der Waals surface area (Å²) >= 11 is 3.47. The van der Waals surface area contributed by atoms with Crippen molar-refractivity contribution in [1.29, 1.82) is 0 Å². The molecule has 0 radical (unpaired) electrons. The first kappa shape index (κ1) is 15.3. The van der Waals surface area contributed by atoms with Gasteiger partial charge in [0.15, 0.2) is 0 Å². The van der Waals surface area contributed by atoms with Crippen LogP contribution in [0.5, 0.6) is 5.75 Å². The maximum atomic E-state index is 11.1. The van der Waals surface area contributed by atoms with E-state index in [9.17, 15) is 4.79 Å². The molecule has 0 bridgehead atoms. The predicted molar refractivity (Wildman–Crippen MR) is 86.0 cm³/mol. The van der Waals surface area contributed by atoms with Crippen LogP contribution in [0, 0.1) is 0 Å². The minimum atomic E-state index is -0.379. The summed E-state index contributed by atoms with van der Waals surface area (Å²) in [5.41, 5.74) is 2.00. The highest BCUT2D eigenvalue weighted by atomic mass is 79.9. The van der Waals surface area contributed by atoms with Crippen molar-refractivity contribution in [3.05, 3.63) is 70.2 Å². The van der Waals surface area contributed by atoms with Gasteiger partial charge in [-0.25, -0.2) is 4.79 Å². The molecule has 2 aromatic rings. The molecule has 0 aliphatic heterocycles. The Kier molecular flexibility index (Phi) is 5.58. The molecule has 0 saturated heterocycles. The third-order valence-corrected chi connectivity index (χ3v) is 3.43. The Morgan fingerprint density at radius 1 is 1.19 bits per heavy atom. The van der Waals surface area contributed by atoms with Crippen LogP contribution in [0.3, 0.4) is 0 Å². The third-order valence-electron chi connectivity index (χ3n) is 2.81. The van der Waals surface area contributed by atoms with Crippen molar-refractivity contribution in [2.45, 2.75) is 6.61 Å². The van der Waals surface area contributed by atoms with E-state index in [1.807, 2.05) is 48.5 Å². The fourth-order valence-corrected chi connectivity index (χ4v) is 2.22. The molecular formula is C17H15BrO3. The van der Waals surface area contributed by atoms with Gasteiger partial charge in [0.25, 0.3) is 0 Å². The highest BCUT2D eigenvalue weighted by molar-refractivity contribution is 9.10. The molecule has 0 unspecified atom stereocenters. The second-order valence-electron chi connectivity index (χ2n) is 4.32. The van der Waals surface area contributed by atoms with E-state index in [4.69, 9.17) is 4.74 Å². The first-order chi connectivity index (χ1) is 10.2. The Bertz CT molecular complexity index is 636. The Morgan fingerprint density at radius 2 is 1.95 bits per heavy atom. The lowest BCUT2D eigenvalue weighted by Crippen LogP contribution is -1.96. The van der Waals surface area contributed by atoms with Crippen LogP contribution in [0.25, 0.3) is 6.08 Å². The molecule has 108 valence electrons. The highest BCUT2D eigenvalue weighted by Gasteiger charge is 2.02. The fourth-order valence-electron chi connectivity index (χ4n) is 1.71. The number of benzene rings is 2. The lowest BCUT2D eigenvalue weighted by Gasteiger charge is -2.09. The zero-order valence-electron chi connectivity index (χ0n) is 11.6. The zero-order chi connectivity index (χ0) is 15.1. The smallest absolute Gasteiger partial charge is 0.330 e. The Labute approximate surface area is 132 Å². The third kappa shape index (κ3) is 4.76. The number of methoxy groups -OCH3 is 1. The van der Waals surface area contributed by atoms with Gasteiger partial charge >= 0.3 is 5.97 Å². The van der Waals surface area contributed by atoms with Crippen molar-refractivity contribution in [1.82, 2.24) is 0 Å². The molecule has 0 aliphatic rings. The minimum absolute atomic E-state index is 0.379. The van der Waals surface area contributed by atoms with E-state index in [1.54, 1.807) is 6.08 Å². The summed E-state index contributed by atoms with van der Waals surface area (Å²) in [4.78, 5) is 11.1. The van der Waals surface area contributed by atoms with Gasteiger partial charge in [0, 0.05) is 6.08 Å². The molecule has 0 aliphatic carbocycles. The Hall–Kier alpha value is -2.07. The van der Waals surface area contributed by atoms with Gasteiger partial charge < -0.3 is 9.47 Å². The highest BCUT2D eigenvalue weighted by Crippen LogP contribution is 2.27. The molecule has 0 amide bonds. The number of hydrogen-bond donors (Lipinski definition) is 0. The van der Waals surface area contributed by atoms with Gasteiger partial charge in [-0.2, -0.15) is 0 Å². The van der Waals surface area contributed by atoms with Gasteiger partial charge in [-0.15, -0.1) is 0 Å². The second kappa shape index (κ2) is 7.64. The first-order valence-corrected chi connectivity index (χ1v) is 7.20. The largest absolute Gasteiger partial charge is 0.488 e. The normalized spacial score (nSPS) is 10.6. The van der Waals surface area contributed by atoms with Crippen LogP contribution in [-0.2, 0) is 16.1 Å². The van der Waals surface area contributed by atoms with E-state index in [0.29, 0.717) is 6.61 Å². The summed E-state index contributed by atoms with van der Waals surface area (Å²) in [6.45, 7) is 0.511. The van der Waals surface area contributed by atoms with E-state index >= 15 is 0 Å². The zero-order valence-corrected chi connectivity index (χ0v) is 13.2. The van der Waals surface area contributed by atoms with Crippen LogP contribution in [0.2, 0.25) is 0 Å². The first-order valence-electron chi connectivity index (χ1n) is 6.41. The molecule has 0 heterocycles. The van der Waals surface area contributed by atoms with Crippen molar-refractivity contribution in [2.24, 2.45) is 0 Å². The quantitative estimate of drug-likeness (QED) is 0.600. The van der Waals surface area contributed by atoms with E-state index in [0.717, 1.165) is 21.3 Å². The number of rotatable bonds is 5. The molecular weight excluding hydrogens is 332 g/mol. The van der Waals surface area contributed by atoms with Crippen LogP contribution in [0.1, 0.15) is 11.1 Å². The summed E-state index contributed by atoms with van der Waals surface area (Å²) in [7, 11) is 1.35. The molecule has 0 aromatic heterocycles. The summed E-state index contributed by atoms with van der Waals surface area (Å²) in [5, 5.41) is 0. The number of esters is 1. The second-order valence-corrected chi connectivity index (χ2v) is 5.17. The van der Waals surface area contributed by atoms with Gasteiger partial charge in [0.2, 0.25) is 0 Å². The van der Waals surface area contributed by atoms with Gasteiger partial charge in [-0.05, 0) is 45.3 Å². The Balaban J connectivity index is 2.02. The standard InChI is InChI=1S/C17H15BrO3/c1-20-17(19)10-8-13-7-9-16(15(18)11-13)21-12-14-5-3-2-4-6-14/h2-11H,12H2,1H3/b10-8+. The molecule has 0 N–H and O–H groups in total. The molecule has 0 spiro atoms. The van der Waals surface area contributed by atoms with Crippen LogP contribution in [-0.4, -0.2) is 13.1 Å². The summed E-state index contributed by atoms with van der Waals surface area (Å²) in [5.74, 6) is 0.379. The van der Waals surface area contributed by atoms with Crippen molar-refractivity contribution in [2.75, 3.05) is 7.11 Å². The van der Waals surface area contributed by atoms with Crippen molar-refractivity contribution in [3.8, 4) is 5.75 Å². The molecule has 0 fully saturated rings. The van der Waals surface area contributed by atoms with Crippen molar-refractivity contribution in [3.63, 3.8) is 0 Å². The predicted octanol–water partition coefficient (Wildman–Crippen LogP) is 4.21. The molecule has 21 heavy (non-hydrogen) atoms. The van der Waals surface area contributed by atoms with E-state index < -0.39 is 0 Å². The minimum Gasteiger partial charge on any atom is -0.488 e. The van der Waals surface area contributed by atoms with E-state index in [2.05, 4.69) is 20.7 Å². The maximum absolute atomic E-state index is 11.1. The molecule has 3 nitrogen and oxygen atoms in total. The molecule has 2 rings (SSSR count). The number of carbonyl (C=O) groups is 1. The van der Waals surface area contributed by atoms with Crippen LogP contribution < -0.4 is 4.74 Å². The number of ether oxygens (including phenoxy) is 2. The molecule has 0 atom stereocenters. The fraction of sp³-hybridized carbons (Fsp3) is 0.118. The molecule has 2 aromatic carbocycles. The maximum Gasteiger partial charge on any atom is 0.330 e. The topological polar surface area (TPSA) is 35.5 Å². The van der Waals surface area contributed by atoms with E-state index in [1.165, 1.54) is 13.2 Å². The average Bonchev–Trinajstić information content (AvgIpc) is 2.52. The van der Waals surface area contributed by atoms with E-state index in [-0.39, 0.29) is 5.97 Å². The number of hydrogen-bond acceptors (Lipinski definition) is 3. The Morgan fingerprint density at radius 3 is 2.62 bits per heavy atom. The van der Waals surface area contributed by atoms with Crippen molar-refractivity contribution < 1.29 is 14.3 Å².